The van der Waals surface area contributed by atoms with Gasteiger partial charge in [-0.25, -0.2) is 0 Å². The second-order valence-corrected chi connectivity index (χ2v) is 4.86. The normalized spacial score (nSPS) is 10.9. The number of benzene rings is 1. The Bertz CT molecular complexity index is 372. The Morgan fingerprint density at radius 3 is 2.47 bits per heavy atom. The third-order valence-electron chi connectivity index (χ3n) is 2.32. The summed E-state index contributed by atoms with van der Waals surface area (Å²) < 4.78 is 0. The highest BCUT2D eigenvalue weighted by atomic mass is 16.1. The van der Waals surface area contributed by atoms with Crippen LogP contribution in [-0.2, 0) is 6.54 Å². The average molecular weight is 234 g/mol. The van der Waals surface area contributed by atoms with Gasteiger partial charge in [-0.15, -0.1) is 0 Å². The molecule has 3 nitrogen and oxygen atoms in total. The second kappa shape index (κ2) is 6.40. The predicted octanol–water partition coefficient (Wildman–Crippen LogP) is 2.32. The number of nitrogens with one attached hydrogen (secondary N) is 2. The van der Waals surface area contributed by atoms with E-state index in [0.717, 1.165) is 17.7 Å². The molecule has 0 aromatic heterocycles. The van der Waals surface area contributed by atoms with E-state index in [0.29, 0.717) is 6.04 Å². The summed E-state index contributed by atoms with van der Waals surface area (Å²) in [5.41, 5.74) is 1.86. The smallest absolute Gasteiger partial charge is 0.251 e. The van der Waals surface area contributed by atoms with Crippen molar-refractivity contribution in [3.8, 4) is 0 Å². The minimum atomic E-state index is -0.00797. The van der Waals surface area contributed by atoms with Crippen molar-refractivity contribution in [1.82, 2.24) is 10.6 Å². The van der Waals surface area contributed by atoms with Crippen LogP contribution in [0.15, 0.2) is 24.3 Å². The van der Waals surface area contributed by atoms with Crippen LogP contribution in [-0.4, -0.2) is 18.0 Å². The van der Waals surface area contributed by atoms with E-state index in [9.17, 15) is 4.79 Å². The van der Waals surface area contributed by atoms with E-state index in [1.807, 2.05) is 38.1 Å². The van der Waals surface area contributed by atoms with E-state index in [-0.39, 0.29) is 11.9 Å². The number of hydrogen-bond donors (Lipinski definition) is 2. The molecule has 1 aromatic carbocycles. The number of hydrogen-bond acceptors (Lipinski definition) is 2. The maximum Gasteiger partial charge on any atom is 0.251 e. The van der Waals surface area contributed by atoms with Crippen LogP contribution in [0, 0.1) is 0 Å². The molecule has 0 bridgehead atoms. The second-order valence-electron chi connectivity index (χ2n) is 4.86. The lowest BCUT2D eigenvalue weighted by Gasteiger charge is -2.11. The lowest BCUT2D eigenvalue weighted by atomic mass is 10.1. The fourth-order valence-electron chi connectivity index (χ4n) is 1.49. The summed E-state index contributed by atoms with van der Waals surface area (Å²) >= 11 is 0. The van der Waals surface area contributed by atoms with E-state index in [2.05, 4.69) is 24.5 Å². The molecule has 1 rings (SSSR count). The van der Waals surface area contributed by atoms with Gasteiger partial charge in [0.1, 0.15) is 0 Å². The van der Waals surface area contributed by atoms with Crippen molar-refractivity contribution in [2.75, 3.05) is 0 Å². The molecule has 1 aromatic rings. The molecule has 0 unspecified atom stereocenters. The van der Waals surface area contributed by atoms with Crippen molar-refractivity contribution < 1.29 is 4.79 Å². The van der Waals surface area contributed by atoms with Gasteiger partial charge in [0, 0.05) is 24.2 Å². The van der Waals surface area contributed by atoms with Crippen molar-refractivity contribution in [1.29, 1.82) is 0 Å². The molecular formula is C14H22N2O. The van der Waals surface area contributed by atoms with E-state index in [4.69, 9.17) is 0 Å². The maximum absolute atomic E-state index is 11.8. The molecule has 3 heteroatoms. The van der Waals surface area contributed by atoms with Gasteiger partial charge in [-0.05, 0) is 31.5 Å². The Hall–Kier alpha value is -1.35. The molecule has 0 saturated carbocycles. The zero-order valence-electron chi connectivity index (χ0n) is 11.1. The molecule has 1 amide bonds. The van der Waals surface area contributed by atoms with Gasteiger partial charge in [-0.2, -0.15) is 0 Å². The Labute approximate surface area is 104 Å². The molecule has 94 valence electrons. The number of carbonyl (C=O) groups excluding carboxylic acids is 1. The topological polar surface area (TPSA) is 41.1 Å². The molecule has 0 atom stereocenters. The van der Waals surface area contributed by atoms with Crippen molar-refractivity contribution in [3.63, 3.8) is 0 Å². The Balaban J connectivity index is 2.68. The van der Waals surface area contributed by atoms with Gasteiger partial charge in [-0.3, -0.25) is 4.79 Å². The van der Waals surface area contributed by atoms with Crippen molar-refractivity contribution in [2.24, 2.45) is 0 Å². The minimum Gasteiger partial charge on any atom is -0.350 e. The predicted molar refractivity (Wildman–Crippen MR) is 71.0 cm³/mol. The summed E-state index contributed by atoms with van der Waals surface area (Å²) in [6.07, 6.45) is 0. The summed E-state index contributed by atoms with van der Waals surface area (Å²) in [5, 5.41) is 6.23. The van der Waals surface area contributed by atoms with E-state index in [1.54, 1.807) is 0 Å². The van der Waals surface area contributed by atoms with E-state index >= 15 is 0 Å². The summed E-state index contributed by atoms with van der Waals surface area (Å²) in [4.78, 5) is 11.8. The van der Waals surface area contributed by atoms with Crippen molar-refractivity contribution in [3.05, 3.63) is 35.4 Å². The highest BCUT2D eigenvalue weighted by Gasteiger charge is 2.07. The van der Waals surface area contributed by atoms with Crippen LogP contribution >= 0.6 is 0 Å². The zero-order valence-corrected chi connectivity index (χ0v) is 11.1. The molecular weight excluding hydrogens is 212 g/mol. The molecule has 0 fully saturated rings. The van der Waals surface area contributed by atoms with E-state index in [1.165, 1.54) is 0 Å². The van der Waals surface area contributed by atoms with Crippen LogP contribution in [0.3, 0.4) is 0 Å². The molecule has 2 N–H and O–H groups in total. The first-order chi connectivity index (χ1) is 7.99. The lowest BCUT2D eigenvalue weighted by Crippen LogP contribution is -2.30. The Kier molecular flexibility index (Phi) is 5.16. The van der Waals surface area contributed by atoms with Crippen LogP contribution in [0.25, 0.3) is 0 Å². The number of amides is 1. The third kappa shape index (κ3) is 5.00. The SMILES string of the molecule is CC(C)NCc1cccc(C(=O)NC(C)C)c1. The average Bonchev–Trinajstić information content (AvgIpc) is 2.26. The third-order valence-corrected chi connectivity index (χ3v) is 2.32. The zero-order chi connectivity index (χ0) is 12.8. The highest BCUT2D eigenvalue weighted by Crippen LogP contribution is 2.06. The molecule has 0 aliphatic rings. The first-order valence-electron chi connectivity index (χ1n) is 6.12. The summed E-state index contributed by atoms with van der Waals surface area (Å²) in [7, 11) is 0. The highest BCUT2D eigenvalue weighted by molar-refractivity contribution is 5.94. The fourth-order valence-corrected chi connectivity index (χ4v) is 1.49. The molecule has 0 radical (unpaired) electrons. The summed E-state index contributed by atoms with van der Waals surface area (Å²) in [6.45, 7) is 8.93. The maximum atomic E-state index is 11.8. The monoisotopic (exact) mass is 234 g/mol. The van der Waals surface area contributed by atoms with Crippen LogP contribution in [0.4, 0.5) is 0 Å². The van der Waals surface area contributed by atoms with E-state index < -0.39 is 0 Å². The van der Waals surface area contributed by atoms with Crippen molar-refractivity contribution in [2.45, 2.75) is 46.3 Å². The molecule has 0 saturated heterocycles. The van der Waals surface area contributed by atoms with Crippen LogP contribution in [0.2, 0.25) is 0 Å². The molecule has 0 heterocycles. The van der Waals surface area contributed by atoms with Crippen molar-refractivity contribution >= 4 is 5.91 Å². The van der Waals surface area contributed by atoms with Gasteiger partial charge in [-0.1, -0.05) is 26.0 Å². The van der Waals surface area contributed by atoms with Gasteiger partial charge in [0.15, 0.2) is 0 Å². The number of rotatable bonds is 5. The standard InChI is InChI=1S/C14H22N2O/c1-10(2)15-9-12-6-5-7-13(8-12)14(17)16-11(3)4/h5-8,10-11,15H,9H2,1-4H3,(H,16,17). The molecule has 0 aliphatic carbocycles. The van der Waals surface area contributed by atoms with Gasteiger partial charge >= 0.3 is 0 Å². The Morgan fingerprint density at radius 1 is 1.18 bits per heavy atom. The molecule has 0 spiro atoms. The van der Waals surface area contributed by atoms with Gasteiger partial charge in [0.2, 0.25) is 0 Å². The van der Waals surface area contributed by atoms with Gasteiger partial charge in [0.05, 0.1) is 0 Å². The van der Waals surface area contributed by atoms with Gasteiger partial charge in [0.25, 0.3) is 5.91 Å². The molecule has 0 aliphatic heterocycles. The summed E-state index contributed by atoms with van der Waals surface area (Å²) in [6, 6.07) is 8.35. The first-order valence-corrected chi connectivity index (χ1v) is 6.12. The van der Waals surface area contributed by atoms with Gasteiger partial charge < -0.3 is 10.6 Å². The minimum absolute atomic E-state index is 0.00797. The van der Waals surface area contributed by atoms with Crippen LogP contribution < -0.4 is 10.6 Å². The quantitative estimate of drug-likeness (QED) is 0.821. The summed E-state index contributed by atoms with van der Waals surface area (Å²) in [5.74, 6) is -0.00797. The number of carbonyl (C=O) groups is 1. The van der Waals surface area contributed by atoms with Crippen LogP contribution in [0.1, 0.15) is 43.6 Å². The fraction of sp³-hybridized carbons (Fsp3) is 0.500. The lowest BCUT2D eigenvalue weighted by molar-refractivity contribution is 0.0943. The molecule has 17 heavy (non-hydrogen) atoms. The Morgan fingerprint density at radius 2 is 1.88 bits per heavy atom. The van der Waals surface area contributed by atoms with Crippen LogP contribution in [0.5, 0.6) is 0 Å². The largest absolute Gasteiger partial charge is 0.350 e. The first kappa shape index (κ1) is 13.7.